The van der Waals surface area contributed by atoms with Gasteiger partial charge in [-0.05, 0) is 31.6 Å². The molecule has 8 atom stereocenters. The highest BCUT2D eigenvalue weighted by Gasteiger charge is 2.47. The molecule has 164 valence electrons. The van der Waals surface area contributed by atoms with E-state index in [-0.39, 0.29) is 24.5 Å². The number of aliphatic hydroxyl groups is 3. The fraction of sp³-hybridized carbons (Fsp3) is 0.944. The van der Waals surface area contributed by atoms with E-state index in [1.807, 2.05) is 13.8 Å². The third-order valence-electron chi connectivity index (χ3n) is 5.32. The Balaban J connectivity index is 2.04. The van der Waals surface area contributed by atoms with Gasteiger partial charge in [0.05, 0.1) is 24.8 Å². The van der Waals surface area contributed by atoms with E-state index >= 15 is 0 Å². The molecule has 0 aromatic heterocycles. The summed E-state index contributed by atoms with van der Waals surface area (Å²) >= 11 is 1.23. The molecule has 2 fully saturated rings. The van der Waals surface area contributed by atoms with E-state index in [0.717, 1.165) is 0 Å². The molecule has 0 saturated carbocycles. The van der Waals surface area contributed by atoms with Gasteiger partial charge in [0.2, 0.25) is 5.91 Å². The number of ether oxygens (including phenoxy) is 2. The summed E-state index contributed by atoms with van der Waals surface area (Å²) in [6.45, 7) is 3.81. The Morgan fingerprint density at radius 3 is 2.64 bits per heavy atom. The maximum absolute atomic E-state index is 12.8. The minimum absolute atomic E-state index is 0.0199. The zero-order valence-electron chi connectivity index (χ0n) is 16.6. The second-order valence-electron chi connectivity index (χ2n) is 7.67. The van der Waals surface area contributed by atoms with Crippen LogP contribution in [0.2, 0.25) is 0 Å². The van der Waals surface area contributed by atoms with Gasteiger partial charge in [-0.2, -0.15) is 0 Å². The highest BCUT2D eigenvalue weighted by Crippen LogP contribution is 2.30. The van der Waals surface area contributed by atoms with Gasteiger partial charge in [-0.3, -0.25) is 4.79 Å². The second-order valence-corrected chi connectivity index (χ2v) is 8.60. The van der Waals surface area contributed by atoms with Gasteiger partial charge < -0.3 is 35.4 Å². The van der Waals surface area contributed by atoms with Crippen LogP contribution in [0.4, 0.5) is 4.39 Å². The van der Waals surface area contributed by atoms with Crippen molar-refractivity contribution in [3.05, 3.63) is 0 Å². The number of piperidine rings is 1. The lowest BCUT2D eigenvalue weighted by molar-refractivity contribution is -0.208. The summed E-state index contributed by atoms with van der Waals surface area (Å²) in [5.74, 6) is -0.347. The number of aliphatic hydroxyl groups excluding tert-OH is 3. The molecule has 10 heteroatoms. The number of rotatable bonds is 8. The number of nitrogens with one attached hydrogen (secondary N) is 2. The summed E-state index contributed by atoms with van der Waals surface area (Å²) in [5.41, 5.74) is -0.701. The van der Waals surface area contributed by atoms with Crippen LogP contribution in [0.15, 0.2) is 0 Å². The van der Waals surface area contributed by atoms with Crippen LogP contribution in [-0.4, -0.2) is 95.3 Å². The molecule has 2 heterocycles. The van der Waals surface area contributed by atoms with Crippen molar-refractivity contribution < 1.29 is 34.0 Å². The highest BCUT2D eigenvalue weighted by atomic mass is 32.2. The first-order chi connectivity index (χ1) is 13.3. The van der Waals surface area contributed by atoms with E-state index < -0.39 is 48.6 Å². The maximum atomic E-state index is 12.8. The molecule has 2 aliphatic heterocycles. The number of carbonyl (C=O) groups is 1. The van der Waals surface area contributed by atoms with Crippen molar-refractivity contribution in [2.45, 2.75) is 74.7 Å². The Hall–Kier alpha value is -0.490. The standard InChI is InChI=1S/C18H33FN2O6S/c1-9(2)12(16-14(23)13(22)15(24)18(27-16)28-3)21-17(25)11-8-10(4-6-20-11)26-7-5-19/h9-16,18,20,22-24H,4-8H2,1-3H3,(H,21,25)/t10?,11?,12?,13-,14+,15+,16+,18+/m1/s1. The monoisotopic (exact) mass is 424 g/mol. The highest BCUT2D eigenvalue weighted by molar-refractivity contribution is 7.99. The summed E-state index contributed by atoms with van der Waals surface area (Å²) in [7, 11) is 0. The summed E-state index contributed by atoms with van der Waals surface area (Å²) in [6.07, 6.45) is -2.06. The van der Waals surface area contributed by atoms with E-state index in [4.69, 9.17) is 9.47 Å². The normalized spacial score (nSPS) is 37.6. The van der Waals surface area contributed by atoms with Gasteiger partial charge in [0, 0.05) is 0 Å². The Morgan fingerprint density at radius 1 is 1.32 bits per heavy atom. The van der Waals surface area contributed by atoms with Gasteiger partial charge in [0.15, 0.2) is 0 Å². The summed E-state index contributed by atoms with van der Waals surface area (Å²) in [4.78, 5) is 12.8. The lowest BCUT2D eigenvalue weighted by Gasteiger charge is -2.44. The number of halogens is 1. The van der Waals surface area contributed by atoms with Gasteiger partial charge in [-0.1, -0.05) is 13.8 Å². The van der Waals surface area contributed by atoms with Crippen molar-refractivity contribution in [2.75, 3.05) is 26.1 Å². The topological polar surface area (TPSA) is 120 Å². The van der Waals surface area contributed by atoms with Crippen molar-refractivity contribution in [2.24, 2.45) is 5.92 Å². The molecule has 28 heavy (non-hydrogen) atoms. The average molecular weight is 425 g/mol. The number of hydrogen-bond donors (Lipinski definition) is 5. The Kier molecular flexibility index (Phi) is 9.39. The Morgan fingerprint density at radius 2 is 2.04 bits per heavy atom. The Labute approximate surface area is 169 Å². The number of amides is 1. The van der Waals surface area contributed by atoms with Crippen molar-refractivity contribution in [1.82, 2.24) is 10.6 Å². The minimum Gasteiger partial charge on any atom is -0.388 e. The van der Waals surface area contributed by atoms with Crippen LogP contribution in [0.1, 0.15) is 26.7 Å². The van der Waals surface area contributed by atoms with Crippen LogP contribution < -0.4 is 10.6 Å². The molecule has 0 radical (unpaired) electrons. The van der Waals surface area contributed by atoms with Gasteiger partial charge in [0.1, 0.15) is 36.5 Å². The van der Waals surface area contributed by atoms with Crippen LogP contribution in [0.5, 0.6) is 0 Å². The molecular weight excluding hydrogens is 391 g/mol. The zero-order chi connectivity index (χ0) is 20.8. The van der Waals surface area contributed by atoms with Crippen LogP contribution in [0, 0.1) is 5.92 Å². The van der Waals surface area contributed by atoms with Crippen LogP contribution in [-0.2, 0) is 14.3 Å². The molecule has 2 aliphatic rings. The fourth-order valence-electron chi connectivity index (χ4n) is 3.70. The summed E-state index contributed by atoms with van der Waals surface area (Å²) < 4.78 is 23.6. The molecule has 5 N–H and O–H groups in total. The van der Waals surface area contributed by atoms with E-state index in [1.165, 1.54) is 11.8 Å². The smallest absolute Gasteiger partial charge is 0.237 e. The Bertz CT molecular complexity index is 501. The first-order valence-electron chi connectivity index (χ1n) is 9.73. The van der Waals surface area contributed by atoms with Gasteiger partial charge >= 0.3 is 0 Å². The molecule has 0 spiro atoms. The van der Waals surface area contributed by atoms with Crippen molar-refractivity contribution in [3.63, 3.8) is 0 Å². The first kappa shape index (κ1) is 23.8. The molecule has 0 bridgehead atoms. The van der Waals surface area contributed by atoms with Crippen molar-refractivity contribution >= 4 is 17.7 Å². The van der Waals surface area contributed by atoms with Crippen LogP contribution >= 0.6 is 11.8 Å². The minimum atomic E-state index is -1.36. The average Bonchev–Trinajstić information content (AvgIpc) is 2.69. The van der Waals surface area contributed by atoms with E-state index in [1.54, 1.807) is 6.26 Å². The molecule has 3 unspecified atom stereocenters. The van der Waals surface area contributed by atoms with Crippen molar-refractivity contribution in [1.29, 1.82) is 0 Å². The summed E-state index contributed by atoms with van der Waals surface area (Å²) in [6, 6.07) is -1.06. The van der Waals surface area contributed by atoms with Gasteiger partial charge in [-0.15, -0.1) is 11.8 Å². The molecule has 2 saturated heterocycles. The van der Waals surface area contributed by atoms with Crippen molar-refractivity contribution in [3.8, 4) is 0 Å². The first-order valence-corrected chi connectivity index (χ1v) is 11.0. The van der Waals surface area contributed by atoms with Crippen LogP contribution in [0.3, 0.4) is 0 Å². The SMILES string of the molecule is CS[C@@H]1O[C@@H](C(NC(=O)C2CC(OCCF)CCN2)C(C)C)[C@@H](O)[C@@H](O)[C@@H]1O. The molecule has 0 aromatic carbocycles. The third-order valence-corrected chi connectivity index (χ3v) is 6.18. The van der Waals surface area contributed by atoms with Gasteiger partial charge in [0.25, 0.3) is 0 Å². The third kappa shape index (κ3) is 5.78. The number of carbonyl (C=O) groups excluding carboxylic acids is 1. The number of alkyl halides is 1. The second kappa shape index (κ2) is 11.1. The lowest BCUT2D eigenvalue weighted by atomic mass is 9.88. The lowest BCUT2D eigenvalue weighted by Crippen LogP contribution is -2.65. The van der Waals surface area contributed by atoms with Gasteiger partial charge in [-0.25, -0.2) is 4.39 Å². The summed E-state index contributed by atoms with van der Waals surface area (Å²) in [5, 5.41) is 36.7. The molecule has 2 rings (SSSR count). The van der Waals surface area contributed by atoms with Crippen LogP contribution in [0.25, 0.3) is 0 Å². The number of thioether (sulfide) groups is 1. The van der Waals surface area contributed by atoms with E-state index in [2.05, 4.69) is 10.6 Å². The molecule has 0 aliphatic carbocycles. The predicted octanol–water partition coefficient (Wildman–Crippen LogP) is -0.595. The number of hydrogen-bond acceptors (Lipinski definition) is 8. The fourth-order valence-corrected chi connectivity index (χ4v) is 4.38. The molecular formula is C18H33FN2O6S. The van der Waals surface area contributed by atoms with E-state index in [9.17, 15) is 24.5 Å². The molecule has 8 nitrogen and oxygen atoms in total. The predicted molar refractivity (Wildman–Crippen MR) is 104 cm³/mol. The largest absolute Gasteiger partial charge is 0.388 e. The zero-order valence-corrected chi connectivity index (χ0v) is 17.4. The van der Waals surface area contributed by atoms with E-state index in [0.29, 0.717) is 19.4 Å². The molecule has 0 aromatic rings. The molecule has 1 amide bonds. The maximum Gasteiger partial charge on any atom is 0.237 e. The quantitative estimate of drug-likeness (QED) is 0.351.